The largest absolute Gasteiger partial charge is 0.390 e. The fourth-order valence-corrected chi connectivity index (χ4v) is 11.5. The second kappa shape index (κ2) is 8.65. The molecule has 0 bridgehead atoms. The first kappa shape index (κ1) is 24.9. The van der Waals surface area contributed by atoms with Crippen molar-refractivity contribution in [1.29, 1.82) is 5.26 Å². The van der Waals surface area contributed by atoms with E-state index in [1.165, 1.54) is 51.4 Å². The Morgan fingerprint density at radius 3 is 2.38 bits per heavy atom. The van der Waals surface area contributed by atoms with E-state index in [2.05, 4.69) is 73.8 Å². The van der Waals surface area contributed by atoms with E-state index < -0.39 is 5.60 Å². The van der Waals surface area contributed by atoms with Crippen LogP contribution in [-0.2, 0) is 0 Å². The van der Waals surface area contributed by atoms with Gasteiger partial charge in [-0.1, -0.05) is 42.9 Å². The summed E-state index contributed by atoms with van der Waals surface area (Å²) in [5.41, 5.74) is 2.15. The van der Waals surface area contributed by atoms with E-state index in [4.69, 9.17) is 5.26 Å². The lowest BCUT2D eigenvalue weighted by Gasteiger charge is -2.68. The fraction of sp³-hybridized carbons (Fsp3) is 0.767. The van der Waals surface area contributed by atoms with Crippen LogP contribution in [0.2, 0.25) is 0 Å². The molecule has 3 nitrogen and oxygen atoms in total. The Labute approximate surface area is 220 Å². The van der Waals surface area contributed by atoms with E-state index in [9.17, 15) is 5.11 Å². The van der Waals surface area contributed by atoms with Gasteiger partial charge in [0.2, 0.25) is 0 Å². The third-order valence-corrected chi connectivity index (χ3v) is 13.1. The topological polar surface area (TPSA) is 56.0 Å². The number of aliphatic hydroxyl groups is 1. The Kier molecular flexibility index (Phi) is 6.33. The smallest absolute Gasteiger partial charge is 0.0991 e. The van der Waals surface area contributed by atoms with Gasteiger partial charge in [-0.05, 0) is 130 Å². The predicted molar refractivity (Wildman–Crippen MR) is 148 cm³/mol. The lowest BCUT2D eigenvalue weighted by atomic mass is 9.38. The summed E-state index contributed by atoms with van der Waals surface area (Å²) in [6.45, 7) is 9.78. The monoisotopic (exact) mass is 574 g/mol. The highest BCUT2D eigenvalue weighted by Crippen LogP contribution is 2.71. The Balaban J connectivity index is 1.38. The molecule has 2 N–H and O–H groups in total. The molecule has 4 heteroatoms. The number of nitriles is 1. The highest BCUT2D eigenvalue weighted by Gasteiger charge is 2.64. The van der Waals surface area contributed by atoms with Gasteiger partial charge in [0.15, 0.2) is 0 Å². The van der Waals surface area contributed by atoms with Crippen LogP contribution in [0.1, 0.15) is 97.5 Å². The lowest BCUT2D eigenvalue weighted by Crippen LogP contribution is -2.63. The van der Waals surface area contributed by atoms with Crippen molar-refractivity contribution in [2.24, 2.45) is 34.5 Å². The van der Waals surface area contributed by atoms with Gasteiger partial charge in [-0.3, -0.25) is 0 Å². The number of nitrogens with zero attached hydrogens (tertiary/aromatic N) is 1. The average Bonchev–Trinajstić information content (AvgIpc) is 2.78. The van der Waals surface area contributed by atoms with E-state index in [-0.39, 0.29) is 0 Å². The molecule has 4 fully saturated rings. The fourth-order valence-electron chi connectivity index (χ4n) is 9.60. The zero-order chi connectivity index (χ0) is 24.4. The van der Waals surface area contributed by atoms with E-state index >= 15 is 0 Å². The molecule has 1 aromatic carbocycles. The van der Waals surface area contributed by atoms with Gasteiger partial charge in [-0.25, -0.2) is 0 Å². The van der Waals surface area contributed by atoms with E-state index in [1.807, 2.05) is 12.1 Å². The number of hydrogen-bond donors (Lipinski definition) is 2. The molecule has 4 aliphatic carbocycles. The van der Waals surface area contributed by atoms with Gasteiger partial charge in [0.1, 0.15) is 0 Å². The minimum atomic E-state index is -0.472. The Morgan fingerprint density at radius 1 is 0.971 bits per heavy atom. The maximum atomic E-state index is 10.9. The maximum absolute atomic E-state index is 10.9. The van der Waals surface area contributed by atoms with Crippen LogP contribution in [-0.4, -0.2) is 20.2 Å². The molecular weight excluding hydrogens is 531 g/mol. The van der Waals surface area contributed by atoms with Crippen molar-refractivity contribution in [3.05, 3.63) is 29.8 Å². The van der Waals surface area contributed by atoms with Crippen molar-refractivity contribution in [3.63, 3.8) is 0 Å². The lowest BCUT2D eigenvalue weighted by molar-refractivity contribution is -0.172. The second-order valence-electron chi connectivity index (χ2n) is 13.2. The van der Waals surface area contributed by atoms with Crippen LogP contribution < -0.4 is 5.32 Å². The quantitative estimate of drug-likeness (QED) is 0.287. The first-order valence-electron chi connectivity index (χ1n) is 13.7. The van der Waals surface area contributed by atoms with E-state index in [1.54, 1.807) is 0 Å². The zero-order valence-electron chi connectivity index (χ0n) is 21.5. The van der Waals surface area contributed by atoms with Crippen molar-refractivity contribution in [2.45, 2.75) is 107 Å². The van der Waals surface area contributed by atoms with Crippen molar-refractivity contribution in [2.75, 3.05) is 5.32 Å². The highest BCUT2D eigenvalue weighted by molar-refractivity contribution is 14.1. The molecule has 9 atom stereocenters. The maximum Gasteiger partial charge on any atom is 0.0991 e. The summed E-state index contributed by atoms with van der Waals surface area (Å²) in [5, 5.41) is 23.8. The number of rotatable bonds is 3. The van der Waals surface area contributed by atoms with Crippen LogP contribution in [0.25, 0.3) is 0 Å². The molecule has 4 aliphatic rings. The number of benzene rings is 1. The predicted octanol–water partition coefficient (Wildman–Crippen LogP) is 7.72. The van der Waals surface area contributed by atoms with E-state index in [0.29, 0.717) is 26.2 Å². The van der Waals surface area contributed by atoms with Crippen molar-refractivity contribution >= 4 is 28.3 Å². The van der Waals surface area contributed by atoms with Gasteiger partial charge < -0.3 is 10.4 Å². The number of anilines is 1. The first-order valence-corrected chi connectivity index (χ1v) is 14.8. The second-order valence-corrected chi connectivity index (χ2v) is 15.3. The van der Waals surface area contributed by atoms with Crippen LogP contribution in [0, 0.1) is 45.8 Å². The minimum absolute atomic E-state index is 0.295. The Morgan fingerprint density at radius 2 is 1.68 bits per heavy atom. The SMILES string of the molecule is C[C@H](Nc1ccc(C#N)cc1)C1CCC[C@@]2(C)[C@@H]3CC[C@]4(I)C[C@](C)(O)CC[C@@H]4C3CC[C@]12C. The molecule has 34 heavy (non-hydrogen) atoms. The summed E-state index contributed by atoms with van der Waals surface area (Å²) in [4.78, 5) is 0. The number of halogens is 1. The summed E-state index contributed by atoms with van der Waals surface area (Å²) < 4.78 is 0.295. The highest BCUT2D eigenvalue weighted by atomic mass is 127. The Hall–Kier alpha value is -0.800. The normalized spacial score (nSPS) is 46.9. The zero-order valence-corrected chi connectivity index (χ0v) is 23.7. The summed E-state index contributed by atoms with van der Waals surface area (Å²) >= 11 is 2.78. The molecule has 4 saturated carbocycles. The van der Waals surface area contributed by atoms with Crippen LogP contribution in [0.15, 0.2) is 24.3 Å². The first-order chi connectivity index (χ1) is 16.0. The van der Waals surface area contributed by atoms with E-state index in [0.717, 1.165) is 41.8 Å². The number of alkyl halides is 1. The molecule has 0 spiro atoms. The molecule has 2 unspecified atom stereocenters. The van der Waals surface area contributed by atoms with Crippen LogP contribution >= 0.6 is 22.6 Å². The van der Waals surface area contributed by atoms with Crippen molar-refractivity contribution < 1.29 is 5.11 Å². The van der Waals surface area contributed by atoms with Crippen LogP contribution in [0.3, 0.4) is 0 Å². The van der Waals surface area contributed by atoms with Crippen molar-refractivity contribution in [1.82, 2.24) is 0 Å². The number of hydrogen-bond acceptors (Lipinski definition) is 3. The van der Waals surface area contributed by atoms with Gasteiger partial charge in [0.25, 0.3) is 0 Å². The van der Waals surface area contributed by atoms with Crippen molar-refractivity contribution in [3.8, 4) is 6.07 Å². The summed E-state index contributed by atoms with van der Waals surface area (Å²) in [7, 11) is 0. The number of fused-ring (bicyclic) bond motifs is 5. The standard InChI is InChI=1S/C30H43IN2O/c1-20(33-22-9-7-21(18-32)8-10-22)24-6-5-14-28(3)25-13-17-30(31)19-27(2,34)15-12-26(30)23(25)11-16-29(24,28)4/h7-10,20,23-26,33-34H,5-6,11-17,19H2,1-4H3/t20-,23?,24?,25+,26+,27+,28-,29+,30-/m0/s1. The molecule has 0 heterocycles. The molecule has 5 rings (SSSR count). The number of nitrogens with one attached hydrogen (secondary N) is 1. The molecule has 1 aromatic rings. The molecule has 186 valence electrons. The average molecular weight is 575 g/mol. The summed E-state index contributed by atoms with van der Waals surface area (Å²) in [6.07, 6.45) is 12.5. The van der Waals surface area contributed by atoms with Gasteiger partial charge in [-0.15, -0.1) is 0 Å². The molecule has 0 aromatic heterocycles. The third-order valence-electron chi connectivity index (χ3n) is 11.4. The summed E-state index contributed by atoms with van der Waals surface area (Å²) in [6, 6.07) is 10.6. The van der Waals surface area contributed by atoms with Gasteiger partial charge in [0.05, 0.1) is 17.2 Å². The summed E-state index contributed by atoms with van der Waals surface area (Å²) in [5.74, 6) is 3.11. The Bertz CT molecular complexity index is 954. The minimum Gasteiger partial charge on any atom is -0.390 e. The molecule has 0 saturated heterocycles. The molecule has 0 amide bonds. The van der Waals surface area contributed by atoms with Gasteiger partial charge in [-0.2, -0.15) is 5.26 Å². The van der Waals surface area contributed by atoms with Crippen LogP contribution in [0.5, 0.6) is 0 Å². The van der Waals surface area contributed by atoms with Crippen LogP contribution in [0.4, 0.5) is 5.69 Å². The van der Waals surface area contributed by atoms with Gasteiger partial charge in [0, 0.05) is 15.2 Å². The molecule has 0 radical (unpaired) electrons. The molecular formula is C30H43IN2O. The van der Waals surface area contributed by atoms with Gasteiger partial charge >= 0.3 is 0 Å². The third kappa shape index (κ3) is 3.92. The molecule has 0 aliphatic heterocycles.